The van der Waals surface area contributed by atoms with Crippen molar-refractivity contribution in [1.82, 2.24) is 14.9 Å². The predicted molar refractivity (Wildman–Crippen MR) is 91.0 cm³/mol. The van der Waals surface area contributed by atoms with Crippen molar-refractivity contribution in [2.24, 2.45) is 5.41 Å². The van der Waals surface area contributed by atoms with Gasteiger partial charge in [0.15, 0.2) is 0 Å². The molecule has 138 valence electrons. The van der Waals surface area contributed by atoms with Crippen molar-refractivity contribution in [2.75, 3.05) is 13.1 Å². The average molecular weight is 353 g/mol. The van der Waals surface area contributed by atoms with Crippen LogP contribution in [0, 0.1) is 5.41 Å². The van der Waals surface area contributed by atoms with Gasteiger partial charge in [-0.2, -0.15) is 13.2 Å². The normalized spacial score (nSPS) is 21.4. The number of nitrogens with zero attached hydrogens (tertiary/aromatic N) is 3. The summed E-state index contributed by atoms with van der Waals surface area (Å²) in [5.74, 6) is -1.02. The van der Waals surface area contributed by atoms with Crippen LogP contribution in [-0.4, -0.2) is 28.0 Å². The van der Waals surface area contributed by atoms with Gasteiger partial charge < -0.3 is 0 Å². The van der Waals surface area contributed by atoms with E-state index in [-0.39, 0.29) is 5.41 Å². The van der Waals surface area contributed by atoms with E-state index in [1.54, 1.807) is 5.57 Å². The monoisotopic (exact) mass is 353 g/mol. The van der Waals surface area contributed by atoms with Crippen molar-refractivity contribution in [3.63, 3.8) is 0 Å². The van der Waals surface area contributed by atoms with Crippen LogP contribution in [0.2, 0.25) is 0 Å². The van der Waals surface area contributed by atoms with Gasteiger partial charge in [0.25, 0.3) is 0 Å². The van der Waals surface area contributed by atoms with Gasteiger partial charge >= 0.3 is 6.18 Å². The SMILES string of the molecule is CC1=C(CCN2CCc3nc(C(F)(F)F)ncc3C2)C(C)(C)CCC1. The molecule has 1 aliphatic carbocycles. The number of allylic oxidation sites excluding steroid dienone is 1. The molecule has 0 radical (unpaired) electrons. The van der Waals surface area contributed by atoms with Gasteiger partial charge in [-0.1, -0.05) is 25.0 Å². The summed E-state index contributed by atoms with van der Waals surface area (Å²) in [6.45, 7) is 9.23. The third-order valence-corrected chi connectivity index (χ3v) is 5.63. The zero-order valence-corrected chi connectivity index (χ0v) is 15.2. The molecule has 0 spiro atoms. The molecule has 6 heteroatoms. The Balaban J connectivity index is 1.66. The highest BCUT2D eigenvalue weighted by molar-refractivity contribution is 5.24. The average Bonchev–Trinajstić information content (AvgIpc) is 2.52. The third kappa shape index (κ3) is 4.05. The van der Waals surface area contributed by atoms with E-state index in [1.807, 2.05) is 0 Å². The molecule has 0 atom stereocenters. The predicted octanol–water partition coefficient (Wildman–Crippen LogP) is 4.77. The van der Waals surface area contributed by atoms with Gasteiger partial charge in [0.2, 0.25) is 5.82 Å². The first-order chi connectivity index (χ1) is 11.7. The van der Waals surface area contributed by atoms with Crippen LogP contribution in [0.1, 0.15) is 63.5 Å². The summed E-state index contributed by atoms with van der Waals surface area (Å²) in [7, 11) is 0. The largest absolute Gasteiger partial charge is 0.451 e. The fraction of sp³-hybridized carbons (Fsp3) is 0.684. The van der Waals surface area contributed by atoms with Crippen LogP contribution in [0.5, 0.6) is 0 Å². The van der Waals surface area contributed by atoms with Crippen molar-refractivity contribution >= 4 is 0 Å². The molecule has 0 fully saturated rings. The molecular weight excluding hydrogens is 327 g/mol. The number of hydrogen-bond donors (Lipinski definition) is 0. The van der Waals surface area contributed by atoms with Crippen LogP contribution in [-0.2, 0) is 19.1 Å². The maximum absolute atomic E-state index is 12.7. The number of halogens is 3. The molecule has 3 rings (SSSR count). The minimum atomic E-state index is -4.47. The van der Waals surface area contributed by atoms with E-state index in [2.05, 4.69) is 35.6 Å². The van der Waals surface area contributed by atoms with E-state index < -0.39 is 12.0 Å². The van der Waals surface area contributed by atoms with Gasteiger partial charge in [0.1, 0.15) is 0 Å². The first-order valence-electron chi connectivity index (χ1n) is 9.00. The van der Waals surface area contributed by atoms with Crippen LogP contribution in [0.4, 0.5) is 13.2 Å². The lowest BCUT2D eigenvalue weighted by Gasteiger charge is -2.36. The molecule has 0 bridgehead atoms. The number of aromatic nitrogens is 2. The molecule has 3 nitrogen and oxygen atoms in total. The van der Waals surface area contributed by atoms with E-state index in [1.165, 1.54) is 31.0 Å². The molecular formula is C19H26F3N3. The zero-order valence-electron chi connectivity index (χ0n) is 15.2. The van der Waals surface area contributed by atoms with Gasteiger partial charge in [-0.3, -0.25) is 4.90 Å². The maximum Gasteiger partial charge on any atom is 0.451 e. The van der Waals surface area contributed by atoms with Crippen molar-refractivity contribution < 1.29 is 13.2 Å². The van der Waals surface area contributed by atoms with Crippen LogP contribution >= 0.6 is 0 Å². The molecule has 2 heterocycles. The molecule has 1 aliphatic heterocycles. The Morgan fingerprint density at radius 2 is 2.00 bits per heavy atom. The molecule has 0 saturated heterocycles. The van der Waals surface area contributed by atoms with E-state index >= 15 is 0 Å². The lowest BCUT2D eigenvalue weighted by atomic mass is 9.71. The lowest BCUT2D eigenvalue weighted by molar-refractivity contribution is -0.145. The molecule has 0 N–H and O–H groups in total. The summed E-state index contributed by atoms with van der Waals surface area (Å²) in [5.41, 5.74) is 4.72. The number of hydrogen-bond acceptors (Lipinski definition) is 3. The van der Waals surface area contributed by atoms with E-state index in [0.717, 1.165) is 25.1 Å². The number of alkyl halides is 3. The fourth-order valence-corrected chi connectivity index (χ4v) is 4.20. The lowest BCUT2D eigenvalue weighted by Crippen LogP contribution is -2.34. The Labute approximate surface area is 147 Å². The Hall–Kier alpha value is -1.43. The van der Waals surface area contributed by atoms with Crippen LogP contribution in [0.3, 0.4) is 0 Å². The van der Waals surface area contributed by atoms with Gasteiger partial charge in [-0.25, -0.2) is 9.97 Å². The van der Waals surface area contributed by atoms with Gasteiger partial charge in [-0.05, 0) is 38.0 Å². The highest BCUT2D eigenvalue weighted by atomic mass is 19.4. The molecule has 2 aliphatic rings. The van der Waals surface area contributed by atoms with Crippen molar-refractivity contribution in [1.29, 1.82) is 0 Å². The minimum Gasteiger partial charge on any atom is -0.298 e. The summed E-state index contributed by atoms with van der Waals surface area (Å²) in [6, 6.07) is 0. The summed E-state index contributed by atoms with van der Waals surface area (Å²) >= 11 is 0. The zero-order chi connectivity index (χ0) is 18.2. The third-order valence-electron chi connectivity index (χ3n) is 5.63. The van der Waals surface area contributed by atoms with Gasteiger partial charge in [0, 0.05) is 37.8 Å². The first kappa shape index (κ1) is 18.4. The highest BCUT2D eigenvalue weighted by Crippen LogP contribution is 2.41. The summed E-state index contributed by atoms with van der Waals surface area (Å²) in [4.78, 5) is 9.55. The van der Waals surface area contributed by atoms with Crippen LogP contribution < -0.4 is 0 Å². The topological polar surface area (TPSA) is 29.0 Å². The van der Waals surface area contributed by atoms with E-state index in [9.17, 15) is 13.2 Å². The molecule has 1 aromatic heterocycles. The van der Waals surface area contributed by atoms with Crippen LogP contribution in [0.25, 0.3) is 0 Å². The number of fused-ring (bicyclic) bond motifs is 1. The second kappa shape index (κ2) is 6.71. The van der Waals surface area contributed by atoms with Gasteiger partial charge in [-0.15, -0.1) is 0 Å². The number of rotatable bonds is 3. The first-order valence-corrected chi connectivity index (χ1v) is 9.00. The maximum atomic E-state index is 12.7. The Morgan fingerprint density at radius 1 is 1.24 bits per heavy atom. The van der Waals surface area contributed by atoms with Crippen molar-refractivity contribution in [2.45, 2.75) is 65.6 Å². The Morgan fingerprint density at radius 3 is 2.68 bits per heavy atom. The second-order valence-corrected chi connectivity index (χ2v) is 7.94. The summed E-state index contributed by atoms with van der Waals surface area (Å²) in [6.07, 6.45) is 2.16. The van der Waals surface area contributed by atoms with Crippen molar-refractivity contribution in [3.05, 3.63) is 34.4 Å². The molecule has 25 heavy (non-hydrogen) atoms. The highest BCUT2D eigenvalue weighted by Gasteiger charge is 2.35. The minimum absolute atomic E-state index is 0.265. The summed E-state index contributed by atoms with van der Waals surface area (Å²) in [5, 5.41) is 0. The standard InChI is InChI=1S/C19H26F3N3/c1-13-5-4-8-18(2,3)15(13)6-9-25-10-7-16-14(12-25)11-23-17(24-16)19(20,21)22/h11H,4-10,12H2,1-3H3. The second-order valence-electron chi connectivity index (χ2n) is 7.94. The van der Waals surface area contributed by atoms with E-state index in [0.29, 0.717) is 18.7 Å². The van der Waals surface area contributed by atoms with E-state index in [4.69, 9.17) is 0 Å². The molecule has 0 unspecified atom stereocenters. The quantitative estimate of drug-likeness (QED) is 0.733. The molecule has 1 aromatic rings. The van der Waals surface area contributed by atoms with Gasteiger partial charge in [0.05, 0.1) is 5.69 Å². The molecule has 0 aromatic carbocycles. The molecule has 0 amide bonds. The van der Waals surface area contributed by atoms with Crippen LogP contribution in [0.15, 0.2) is 17.3 Å². The van der Waals surface area contributed by atoms with Crippen molar-refractivity contribution in [3.8, 4) is 0 Å². The Bertz CT molecular complexity index is 677. The Kier molecular flexibility index (Phi) is 4.93. The fourth-order valence-electron chi connectivity index (χ4n) is 4.20. The smallest absolute Gasteiger partial charge is 0.298 e. The molecule has 0 saturated carbocycles. The summed E-state index contributed by atoms with van der Waals surface area (Å²) < 4.78 is 38.2.